The molecular formula is C13H21N5O3. The van der Waals surface area contributed by atoms with Crippen molar-refractivity contribution in [2.45, 2.75) is 57.5 Å². The van der Waals surface area contributed by atoms with E-state index in [1.54, 1.807) is 0 Å². The predicted molar refractivity (Wildman–Crippen MR) is 77.5 cm³/mol. The summed E-state index contributed by atoms with van der Waals surface area (Å²) >= 11 is 0. The standard InChI is InChI=1S/C13H21N5O3/c14-13-11(18(20)21)8-15-17(13)9-12(19)16-10-6-4-2-1-3-5-7-10/h8,10H,1-7,9,14H2,(H,16,19). The Kier molecular flexibility index (Phi) is 5.13. The molecule has 0 aromatic carbocycles. The van der Waals surface area contributed by atoms with E-state index in [9.17, 15) is 14.9 Å². The van der Waals surface area contributed by atoms with E-state index in [1.165, 1.54) is 19.3 Å². The molecule has 8 nitrogen and oxygen atoms in total. The number of nitrogen functional groups attached to an aromatic ring is 1. The molecule has 1 aliphatic rings. The Morgan fingerprint density at radius 1 is 1.38 bits per heavy atom. The smallest absolute Gasteiger partial charge is 0.330 e. The second-order valence-corrected chi connectivity index (χ2v) is 5.44. The number of nitrogens with zero attached hydrogens (tertiary/aromatic N) is 3. The highest BCUT2D eigenvalue weighted by atomic mass is 16.6. The number of carbonyl (C=O) groups excluding carboxylic acids is 1. The first-order chi connectivity index (χ1) is 10.1. The predicted octanol–water partition coefficient (Wildman–Crippen LogP) is 1.60. The molecule has 0 spiro atoms. The molecule has 2 rings (SSSR count). The molecule has 1 saturated carbocycles. The zero-order chi connectivity index (χ0) is 15.2. The highest BCUT2D eigenvalue weighted by Gasteiger charge is 2.20. The number of hydrogen-bond acceptors (Lipinski definition) is 5. The van der Waals surface area contributed by atoms with Crippen LogP contribution in [-0.2, 0) is 11.3 Å². The van der Waals surface area contributed by atoms with Crippen LogP contribution >= 0.6 is 0 Å². The number of amides is 1. The number of nitrogens with two attached hydrogens (primary N) is 1. The quantitative estimate of drug-likeness (QED) is 0.646. The van der Waals surface area contributed by atoms with Crippen LogP contribution in [0.15, 0.2) is 6.20 Å². The number of nitro groups is 1. The molecule has 1 amide bonds. The van der Waals surface area contributed by atoms with Gasteiger partial charge in [0.05, 0.1) is 4.92 Å². The minimum atomic E-state index is -0.606. The van der Waals surface area contributed by atoms with Gasteiger partial charge in [-0.3, -0.25) is 14.9 Å². The summed E-state index contributed by atoms with van der Waals surface area (Å²) in [6, 6.07) is 0.185. The van der Waals surface area contributed by atoms with Gasteiger partial charge in [0.15, 0.2) is 0 Å². The molecule has 8 heteroatoms. The monoisotopic (exact) mass is 295 g/mol. The second-order valence-electron chi connectivity index (χ2n) is 5.44. The molecule has 1 heterocycles. The molecule has 0 radical (unpaired) electrons. The normalized spacial score (nSPS) is 17.0. The highest BCUT2D eigenvalue weighted by Crippen LogP contribution is 2.20. The van der Waals surface area contributed by atoms with Crippen molar-refractivity contribution in [2.75, 3.05) is 5.73 Å². The van der Waals surface area contributed by atoms with E-state index >= 15 is 0 Å². The Labute approximate surface area is 122 Å². The lowest BCUT2D eigenvalue weighted by Gasteiger charge is -2.21. The molecule has 0 unspecified atom stereocenters. The van der Waals surface area contributed by atoms with Crippen LogP contribution in [0.25, 0.3) is 0 Å². The molecule has 0 bridgehead atoms. The van der Waals surface area contributed by atoms with Gasteiger partial charge in [-0.2, -0.15) is 5.10 Å². The van der Waals surface area contributed by atoms with Gasteiger partial charge in [0.25, 0.3) is 0 Å². The first-order valence-corrected chi connectivity index (χ1v) is 7.33. The largest absolute Gasteiger partial charge is 0.378 e. The van der Waals surface area contributed by atoms with Crippen LogP contribution in [0, 0.1) is 10.1 Å². The molecule has 3 N–H and O–H groups in total. The minimum absolute atomic E-state index is 0.0871. The Morgan fingerprint density at radius 2 is 2.00 bits per heavy atom. The van der Waals surface area contributed by atoms with Gasteiger partial charge >= 0.3 is 5.69 Å². The lowest BCUT2D eigenvalue weighted by atomic mass is 9.97. The van der Waals surface area contributed by atoms with Crippen LogP contribution in [0.1, 0.15) is 44.9 Å². The SMILES string of the molecule is Nc1c([N+](=O)[O-])cnn1CC(=O)NC1CCCCCCC1. The Morgan fingerprint density at radius 3 is 2.57 bits per heavy atom. The highest BCUT2D eigenvalue weighted by molar-refractivity contribution is 5.76. The van der Waals surface area contributed by atoms with Crippen LogP contribution in [0.3, 0.4) is 0 Å². The summed E-state index contributed by atoms with van der Waals surface area (Å²) in [4.78, 5) is 22.1. The minimum Gasteiger partial charge on any atom is -0.378 e. The van der Waals surface area contributed by atoms with E-state index in [4.69, 9.17) is 5.73 Å². The van der Waals surface area contributed by atoms with Gasteiger partial charge in [-0.25, -0.2) is 4.68 Å². The molecule has 116 valence electrons. The maximum atomic E-state index is 12.0. The maximum absolute atomic E-state index is 12.0. The molecule has 1 aliphatic carbocycles. The molecular weight excluding hydrogens is 274 g/mol. The van der Waals surface area contributed by atoms with E-state index in [1.807, 2.05) is 0 Å². The number of hydrogen-bond donors (Lipinski definition) is 2. The number of rotatable bonds is 4. The molecule has 1 aromatic heterocycles. The Bertz CT molecular complexity index is 506. The van der Waals surface area contributed by atoms with Gasteiger partial charge in [-0.05, 0) is 12.8 Å². The summed E-state index contributed by atoms with van der Waals surface area (Å²) in [6.07, 6.45) is 8.99. The lowest BCUT2D eigenvalue weighted by Crippen LogP contribution is -2.37. The van der Waals surface area contributed by atoms with Crippen molar-refractivity contribution in [1.29, 1.82) is 0 Å². The van der Waals surface area contributed by atoms with Crippen molar-refractivity contribution in [2.24, 2.45) is 0 Å². The third-order valence-corrected chi connectivity index (χ3v) is 3.82. The summed E-state index contributed by atoms with van der Waals surface area (Å²) in [5, 5.41) is 17.4. The van der Waals surface area contributed by atoms with E-state index < -0.39 is 4.92 Å². The molecule has 0 atom stereocenters. The number of nitrogens with one attached hydrogen (secondary N) is 1. The lowest BCUT2D eigenvalue weighted by molar-refractivity contribution is -0.384. The fourth-order valence-electron chi connectivity index (χ4n) is 2.66. The average molecular weight is 295 g/mol. The molecule has 21 heavy (non-hydrogen) atoms. The molecule has 1 aromatic rings. The van der Waals surface area contributed by atoms with Crippen LogP contribution in [0.5, 0.6) is 0 Å². The van der Waals surface area contributed by atoms with E-state index in [2.05, 4.69) is 10.4 Å². The average Bonchev–Trinajstić information content (AvgIpc) is 2.74. The van der Waals surface area contributed by atoms with Gasteiger partial charge in [-0.15, -0.1) is 0 Å². The van der Waals surface area contributed by atoms with E-state index in [0.29, 0.717) is 0 Å². The maximum Gasteiger partial charge on any atom is 0.330 e. The van der Waals surface area contributed by atoms with Crippen LogP contribution < -0.4 is 11.1 Å². The van der Waals surface area contributed by atoms with Gasteiger partial charge in [-0.1, -0.05) is 32.1 Å². The third-order valence-electron chi connectivity index (χ3n) is 3.82. The van der Waals surface area contributed by atoms with Crippen molar-refractivity contribution < 1.29 is 9.72 Å². The summed E-state index contributed by atoms with van der Waals surface area (Å²) in [5.41, 5.74) is 5.34. The van der Waals surface area contributed by atoms with Crippen LogP contribution in [-0.4, -0.2) is 26.7 Å². The van der Waals surface area contributed by atoms with E-state index in [0.717, 1.165) is 36.6 Å². The van der Waals surface area contributed by atoms with Gasteiger partial charge in [0, 0.05) is 6.04 Å². The van der Waals surface area contributed by atoms with E-state index in [-0.39, 0.29) is 30.0 Å². The summed E-state index contributed by atoms with van der Waals surface area (Å²) in [7, 11) is 0. The van der Waals surface area contributed by atoms with Crippen molar-refractivity contribution in [3.8, 4) is 0 Å². The van der Waals surface area contributed by atoms with Crippen molar-refractivity contribution in [3.05, 3.63) is 16.3 Å². The summed E-state index contributed by atoms with van der Waals surface area (Å²) < 4.78 is 1.16. The number of aromatic nitrogens is 2. The van der Waals surface area contributed by atoms with Crippen molar-refractivity contribution >= 4 is 17.4 Å². The first kappa shape index (κ1) is 15.3. The summed E-state index contributed by atoms with van der Waals surface area (Å²) in [5.74, 6) is -0.293. The van der Waals surface area contributed by atoms with Gasteiger partial charge in [0.2, 0.25) is 11.7 Å². The van der Waals surface area contributed by atoms with Gasteiger partial charge in [0.1, 0.15) is 12.7 Å². The molecule has 1 fully saturated rings. The van der Waals surface area contributed by atoms with Crippen molar-refractivity contribution in [1.82, 2.24) is 15.1 Å². The number of carbonyl (C=O) groups is 1. The van der Waals surface area contributed by atoms with Crippen molar-refractivity contribution in [3.63, 3.8) is 0 Å². The second kappa shape index (κ2) is 7.05. The molecule has 0 aliphatic heterocycles. The van der Waals surface area contributed by atoms with Crippen LogP contribution in [0.4, 0.5) is 11.5 Å². The topological polar surface area (TPSA) is 116 Å². The summed E-state index contributed by atoms with van der Waals surface area (Å²) in [6.45, 7) is -0.0871. The van der Waals surface area contributed by atoms with Crippen LogP contribution in [0.2, 0.25) is 0 Å². The Hall–Kier alpha value is -2.12. The number of anilines is 1. The third kappa shape index (κ3) is 4.17. The fraction of sp³-hybridized carbons (Fsp3) is 0.692. The fourth-order valence-corrected chi connectivity index (χ4v) is 2.66. The molecule has 0 saturated heterocycles. The first-order valence-electron chi connectivity index (χ1n) is 7.33. The zero-order valence-electron chi connectivity index (χ0n) is 12.0. The zero-order valence-corrected chi connectivity index (χ0v) is 12.0. The Balaban J connectivity index is 1.90. The van der Waals surface area contributed by atoms with Gasteiger partial charge < -0.3 is 11.1 Å².